The normalized spacial score (nSPS) is 28.1. The molecule has 0 bridgehead atoms. The average Bonchev–Trinajstić information content (AvgIpc) is 2.67. The molecule has 1 fully saturated rings. The van der Waals surface area contributed by atoms with Crippen molar-refractivity contribution in [1.29, 1.82) is 0 Å². The van der Waals surface area contributed by atoms with Gasteiger partial charge >= 0.3 is 5.97 Å². The van der Waals surface area contributed by atoms with Gasteiger partial charge in [-0.2, -0.15) is 0 Å². The van der Waals surface area contributed by atoms with Crippen LogP contribution in [0.3, 0.4) is 0 Å². The Kier molecular flexibility index (Phi) is 7.57. The molecule has 0 spiro atoms. The van der Waals surface area contributed by atoms with E-state index in [1.807, 2.05) is 0 Å². The second kappa shape index (κ2) is 9.67. The summed E-state index contributed by atoms with van der Waals surface area (Å²) in [5.74, 6) is 0.0196. The van der Waals surface area contributed by atoms with Gasteiger partial charge in [-0.15, -0.1) is 0 Å². The second-order valence-electron chi connectivity index (χ2n) is 5.81. The summed E-state index contributed by atoms with van der Waals surface area (Å²) in [6.07, 6.45) is -4.13. The quantitative estimate of drug-likeness (QED) is 0.361. The smallest absolute Gasteiger partial charge is 0.330 e. The maximum atomic E-state index is 11.4. The fourth-order valence-electron chi connectivity index (χ4n) is 2.53. The summed E-state index contributed by atoms with van der Waals surface area (Å²) >= 11 is 0. The molecule has 2 rings (SSSR count). The van der Waals surface area contributed by atoms with Crippen molar-refractivity contribution in [2.75, 3.05) is 20.3 Å². The molecule has 0 aliphatic carbocycles. The van der Waals surface area contributed by atoms with Crippen molar-refractivity contribution >= 4 is 12.0 Å². The average molecular weight is 384 g/mol. The van der Waals surface area contributed by atoms with E-state index >= 15 is 0 Å². The maximum Gasteiger partial charge on any atom is 0.330 e. The van der Waals surface area contributed by atoms with E-state index < -0.39 is 43.3 Å². The predicted molar refractivity (Wildman–Crippen MR) is 93.1 cm³/mol. The Hall–Kier alpha value is -2.17. The monoisotopic (exact) mass is 384 g/mol. The number of hydrogen-bond donors (Lipinski definition) is 4. The highest BCUT2D eigenvalue weighted by molar-refractivity contribution is 5.87. The third kappa shape index (κ3) is 5.18. The maximum absolute atomic E-state index is 11.4. The number of benzene rings is 1. The Morgan fingerprint density at radius 3 is 2.56 bits per heavy atom. The molecule has 9 heteroatoms. The lowest BCUT2D eigenvalue weighted by Gasteiger charge is -2.39. The molecule has 0 aromatic heterocycles. The predicted octanol–water partition coefficient (Wildman–Crippen LogP) is -0.550. The van der Waals surface area contributed by atoms with Crippen LogP contribution in [0.4, 0.5) is 0 Å². The third-order valence-corrected chi connectivity index (χ3v) is 3.98. The molecular weight excluding hydrogens is 360 g/mol. The van der Waals surface area contributed by atoms with E-state index in [9.17, 15) is 25.2 Å². The van der Waals surface area contributed by atoms with Crippen LogP contribution in [-0.2, 0) is 14.3 Å². The molecule has 0 amide bonds. The summed E-state index contributed by atoms with van der Waals surface area (Å²) in [4.78, 5) is 11.4. The molecule has 1 aromatic rings. The molecule has 1 aliphatic rings. The van der Waals surface area contributed by atoms with E-state index in [-0.39, 0.29) is 18.1 Å². The van der Waals surface area contributed by atoms with E-state index in [2.05, 4.69) is 0 Å². The molecule has 1 aromatic carbocycles. The number of aliphatic hydroxyl groups is 4. The van der Waals surface area contributed by atoms with Gasteiger partial charge in [-0.25, -0.2) is 4.79 Å². The molecular formula is C18H24O9. The van der Waals surface area contributed by atoms with Gasteiger partial charge in [0.1, 0.15) is 24.4 Å². The number of carbonyl (C=O) groups is 1. The first kappa shape index (κ1) is 21.1. The first-order chi connectivity index (χ1) is 12.9. The van der Waals surface area contributed by atoms with Gasteiger partial charge in [0.25, 0.3) is 0 Å². The van der Waals surface area contributed by atoms with Gasteiger partial charge in [0.05, 0.1) is 20.3 Å². The minimum Gasteiger partial charge on any atom is -0.493 e. The number of ether oxygens (including phenoxy) is 4. The minimum atomic E-state index is -1.54. The van der Waals surface area contributed by atoms with Crippen LogP contribution in [0, 0.1) is 0 Å². The van der Waals surface area contributed by atoms with E-state index in [0.717, 1.165) is 0 Å². The van der Waals surface area contributed by atoms with Crippen molar-refractivity contribution in [1.82, 2.24) is 0 Å². The molecule has 1 aliphatic heterocycles. The van der Waals surface area contributed by atoms with E-state index in [0.29, 0.717) is 5.56 Å². The standard InChI is InChI=1S/C18H24O9/c1-3-25-14(20)7-5-10-4-6-11(12(8-10)24-2)26-18-17(23)16(22)15(21)13(9-19)27-18/h4-8,13,15-19,21-23H,3,9H2,1-2H3. The van der Waals surface area contributed by atoms with Crippen LogP contribution in [0.15, 0.2) is 24.3 Å². The number of rotatable bonds is 7. The topological polar surface area (TPSA) is 135 Å². The van der Waals surface area contributed by atoms with Crippen LogP contribution in [-0.4, -0.2) is 77.4 Å². The van der Waals surface area contributed by atoms with Crippen molar-refractivity contribution in [3.8, 4) is 11.5 Å². The van der Waals surface area contributed by atoms with Gasteiger partial charge in [0, 0.05) is 6.08 Å². The fourth-order valence-corrected chi connectivity index (χ4v) is 2.53. The van der Waals surface area contributed by atoms with Crippen LogP contribution >= 0.6 is 0 Å². The first-order valence-electron chi connectivity index (χ1n) is 8.41. The van der Waals surface area contributed by atoms with Crippen molar-refractivity contribution in [3.05, 3.63) is 29.8 Å². The highest BCUT2D eigenvalue weighted by atomic mass is 16.7. The van der Waals surface area contributed by atoms with Crippen LogP contribution in [0.5, 0.6) is 11.5 Å². The Balaban J connectivity index is 2.15. The molecule has 5 atom stereocenters. The molecule has 150 valence electrons. The zero-order valence-electron chi connectivity index (χ0n) is 15.0. The summed E-state index contributed by atoms with van der Waals surface area (Å²) < 4.78 is 20.9. The largest absolute Gasteiger partial charge is 0.493 e. The van der Waals surface area contributed by atoms with Gasteiger partial charge < -0.3 is 39.4 Å². The molecule has 9 nitrogen and oxygen atoms in total. The van der Waals surface area contributed by atoms with Crippen LogP contribution in [0.2, 0.25) is 0 Å². The molecule has 0 radical (unpaired) electrons. The Morgan fingerprint density at radius 2 is 1.93 bits per heavy atom. The SMILES string of the molecule is CCOC(=O)C=Cc1ccc(OC2OC(CO)C(O)C(O)C2O)c(OC)c1. The molecule has 0 saturated carbocycles. The number of methoxy groups -OCH3 is 1. The summed E-state index contributed by atoms with van der Waals surface area (Å²) in [6.45, 7) is 1.43. The van der Waals surface area contributed by atoms with Crippen LogP contribution in [0.1, 0.15) is 12.5 Å². The lowest BCUT2D eigenvalue weighted by Crippen LogP contribution is -2.60. The molecule has 4 N–H and O–H groups in total. The van der Waals surface area contributed by atoms with Crippen molar-refractivity contribution in [3.63, 3.8) is 0 Å². The molecule has 27 heavy (non-hydrogen) atoms. The Morgan fingerprint density at radius 1 is 1.19 bits per heavy atom. The second-order valence-corrected chi connectivity index (χ2v) is 5.81. The van der Waals surface area contributed by atoms with Gasteiger partial charge in [-0.1, -0.05) is 6.07 Å². The van der Waals surface area contributed by atoms with Crippen molar-refractivity contribution in [2.45, 2.75) is 37.6 Å². The van der Waals surface area contributed by atoms with E-state index in [1.165, 1.54) is 25.3 Å². The van der Waals surface area contributed by atoms with Gasteiger partial charge in [0.2, 0.25) is 6.29 Å². The van der Waals surface area contributed by atoms with Gasteiger partial charge in [-0.3, -0.25) is 0 Å². The summed E-state index contributed by atoms with van der Waals surface area (Å²) in [6, 6.07) is 4.76. The lowest BCUT2D eigenvalue weighted by molar-refractivity contribution is -0.277. The van der Waals surface area contributed by atoms with Crippen molar-refractivity contribution in [2.24, 2.45) is 0 Å². The Bertz CT molecular complexity index is 658. The van der Waals surface area contributed by atoms with Crippen LogP contribution < -0.4 is 9.47 Å². The zero-order chi connectivity index (χ0) is 20.0. The number of esters is 1. The lowest BCUT2D eigenvalue weighted by atomic mass is 9.99. The zero-order valence-corrected chi connectivity index (χ0v) is 15.0. The summed E-state index contributed by atoms with van der Waals surface area (Å²) in [5.41, 5.74) is 0.640. The fraction of sp³-hybridized carbons (Fsp3) is 0.500. The molecule has 1 heterocycles. The highest BCUT2D eigenvalue weighted by Gasteiger charge is 2.44. The first-order valence-corrected chi connectivity index (χ1v) is 8.41. The summed E-state index contributed by atoms with van der Waals surface area (Å²) in [7, 11) is 1.41. The third-order valence-electron chi connectivity index (χ3n) is 3.98. The minimum absolute atomic E-state index is 0.204. The molecule has 1 saturated heterocycles. The Labute approximate surface area is 156 Å². The molecule has 5 unspecified atom stereocenters. The van der Waals surface area contributed by atoms with Crippen LogP contribution in [0.25, 0.3) is 6.08 Å². The highest BCUT2D eigenvalue weighted by Crippen LogP contribution is 2.32. The number of hydrogen-bond acceptors (Lipinski definition) is 9. The van der Waals surface area contributed by atoms with Gasteiger partial charge in [0.15, 0.2) is 11.5 Å². The van der Waals surface area contributed by atoms with E-state index in [4.69, 9.17) is 18.9 Å². The summed E-state index contributed by atoms with van der Waals surface area (Å²) in [5, 5.41) is 38.9. The van der Waals surface area contributed by atoms with E-state index in [1.54, 1.807) is 19.1 Å². The van der Waals surface area contributed by atoms with Gasteiger partial charge in [-0.05, 0) is 30.7 Å². The van der Waals surface area contributed by atoms with Crippen molar-refractivity contribution < 1.29 is 44.2 Å². The number of aliphatic hydroxyl groups excluding tert-OH is 4. The number of carbonyl (C=O) groups excluding carboxylic acids is 1.